The molecule has 0 aromatic heterocycles. The van der Waals surface area contributed by atoms with Gasteiger partial charge in [-0.3, -0.25) is 0 Å². The van der Waals surface area contributed by atoms with Crippen LogP contribution in [0.4, 0.5) is 0 Å². The molecule has 0 saturated heterocycles. The van der Waals surface area contributed by atoms with Gasteiger partial charge in [0.1, 0.15) is 6.61 Å². The second kappa shape index (κ2) is 2.14. The molecule has 0 aromatic rings. The summed E-state index contributed by atoms with van der Waals surface area (Å²) in [6, 6.07) is 0. The molecule has 5 heavy (non-hydrogen) atoms. The van der Waals surface area contributed by atoms with E-state index in [1.165, 1.54) is 0 Å². The lowest BCUT2D eigenvalue weighted by molar-refractivity contribution is -0.0427. The minimum Gasteiger partial charge on any atom is -0.385 e. The molecular formula is C2H5O3. The number of hydrogen-bond acceptors (Lipinski definition) is 3. The highest BCUT2D eigenvalue weighted by Crippen LogP contribution is 1.70. The molecule has 0 heterocycles. The molecule has 3 nitrogen and oxygen atoms in total. The topological polar surface area (TPSA) is 60.7 Å². The highest BCUT2D eigenvalue weighted by Gasteiger charge is 1.86. The van der Waals surface area contributed by atoms with Crippen molar-refractivity contribution in [2.45, 2.75) is 6.29 Å². The molecule has 1 radical (unpaired) electrons. The van der Waals surface area contributed by atoms with Crippen molar-refractivity contribution >= 4 is 0 Å². The molecule has 3 N–H and O–H groups in total. The largest absolute Gasteiger partial charge is 0.385 e. The first-order valence-corrected chi connectivity index (χ1v) is 1.11. The Morgan fingerprint density at radius 3 is 1.60 bits per heavy atom. The fourth-order valence-corrected chi connectivity index (χ4v) is 0. The summed E-state index contributed by atoms with van der Waals surface area (Å²) in [5.74, 6) is 0. The zero-order valence-corrected chi connectivity index (χ0v) is 2.50. The molecule has 0 aliphatic rings. The maximum Gasteiger partial charge on any atom is 0.180 e. The van der Waals surface area contributed by atoms with Gasteiger partial charge in [0.05, 0.1) is 0 Å². The number of hydrogen-bond donors (Lipinski definition) is 3. The summed E-state index contributed by atoms with van der Waals surface area (Å²) < 4.78 is 0. The molecule has 0 bridgehead atoms. The van der Waals surface area contributed by atoms with Crippen molar-refractivity contribution in [1.29, 1.82) is 0 Å². The van der Waals surface area contributed by atoms with E-state index in [9.17, 15) is 0 Å². The molecule has 0 saturated carbocycles. The van der Waals surface area contributed by atoms with Crippen LogP contribution in [0.1, 0.15) is 0 Å². The van der Waals surface area contributed by atoms with Crippen molar-refractivity contribution in [3.05, 3.63) is 6.61 Å². The summed E-state index contributed by atoms with van der Waals surface area (Å²) in [4.78, 5) is 0. The summed E-state index contributed by atoms with van der Waals surface area (Å²) in [7, 11) is 0. The highest BCUT2D eigenvalue weighted by molar-refractivity contribution is 4.41. The molecule has 0 aromatic carbocycles. The molecule has 0 rings (SSSR count). The normalized spacial score (nSPS) is 9.60. The molecule has 0 unspecified atom stereocenters. The van der Waals surface area contributed by atoms with Crippen LogP contribution in [-0.4, -0.2) is 21.6 Å². The molecule has 31 valence electrons. The van der Waals surface area contributed by atoms with Gasteiger partial charge in [0.2, 0.25) is 0 Å². The summed E-state index contributed by atoms with van der Waals surface area (Å²) >= 11 is 0. The molecule has 0 amide bonds. The standard InChI is InChI=1S/C2H5O3/c3-1-2(4)5/h1-5H. The van der Waals surface area contributed by atoms with E-state index >= 15 is 0 Å². The molecular weight excluding hydrogens is 72.0 g/mol. The van der Waals surface area contributed by atoms with E-state index in [1.54, 1.807) is 0 Å². The molecule has 0 spiro atoms. The minimum absolute atomic E-state index is 0.278. The fraction of sp³-hybridized carbons (Fsp3) is 0.500. The molecule has 3 heteroatoms. The molecule has 0 fully saturated rings. The summed E-state index contributed by atoms with van der Waals surface area (Å²) in [5, 5.41) is 22.7. The predicted molar refractivity (Wildman–Crippen MR) is 14.5 cm³/mol. The third-order valence-electron chi connectivity index (χ3n) is 0.133. The summed E-state index contributed by atoms with van der Waals surface area (Å²) in [6.45, 7) is 0.278. The lowest BCUT2D eigenvalue weighted by atomic mass is 10.7. The van der Waals surface area contributed by atoms with Crippen LogP contribution >= 0.6 is 0 Å². The first kappa shape index (κ1) is 4.88. The highest BCUT2D eigenvalue weighted by atomic mass is 16.5. The van der Waals surface area contributed by atoms with Crippen molar-refractivity contribution in [3.63, 3.8) is 0 Å². The second-order valence-corrected chi connectivity index (χ2v) is 0.563. The Hall–Kier alpha value is -0.120. The maximum absolute atomic E-state index is 7.61. The summed E-state index contributed by atoms with van der Waals surface area (Å²) in [6.07, 6.45) is -1.69. The average molecular weight is 77.1 g/mol. The van der Waals surface area contributed by atoms with Gasteiger partial charge < -0.3 is 15.3 Å². The van der Waals surface area contributed by atoms with Crippen LogP contribution in [0.5, 0.6) is 0 Å². The average Bonchev–Trinajstić information content (AvgIpc) is 1.38. The van der Waals surface area contributed by atoms with Gasteiger partial charge in [0.15, 0.2) is 6.29 Å². The van der Waals surface area contributed by atoms with E-state index in [1.807, 2.05) is 0 Å². The monoisotopic (exact) mass is 77.0 g/mol. The van der Waals surface area contributed by atoms with Crippen LogP contribution in [0.25, 0.3) is 0 Å². The Morgan fingerprint density at radius 2 is 1.60 bits per heavy atom. The van der Waals surface area contributed by atoms with E-state index in [0.29, 0.717) is 0 Å². The van der Waals surface area contributed by atoms with Gasteiger partial charge in [-0.05, 0) is 0 Å². The van der Waals surface area contributed by atoms with Gasteiger partial charge in [0, 0.05) is 0 Å². The maximum atomic E-state index is 7.61. The van der Waals surface area contributed by atoms with Crippen molar-refractivity contribution in [2.75, 3.05) is 0 Å². The van der Waals surface area contributed by atoms with E-state index in [-0.39, 0.29) is 6.61 Å². The molecule has 0 aliphatic heterocycles. The van der Waals surface area contributed by atoms with E-state index in [4.69, 9.17) is 15.3 Å². The van der Waals surface area contributed by atoms with Crippen LogP contribution < -0.4 is 0 Å². The number of aliphatic hydroxyl groups excluding tert-OH is 2. The second-order valence-electron chi connectivity index (χ2n) is 0.563. The van der Waals surface area contributed by atoms with Gasteiger partial charge >= 0.3 is 0 Å². The van der Waals surface area contributed by atoms with Crippen molar-refractivity contribution in [2.24, 2.45) is 0 Å². The van der Waals surface area contributed by atoms with Crippen molar-refractivity contribution in [1.82, 2.24) is 0 Å². The van der Waals surface area contributed by atoms with Gasteiger partial charge in [-0.2, -0.15) is 0 Å². The lowest BCUT2D eigenvalue weighted by Gasteiger charge is -1.88. The van der Waals surface area contributed by atoms with E-state index in [0.717, 1.165) is 0 Å². The zero-order valence-electron chi connectivity index (χ0n) is 2.50. The Balaban J connectivity index is 2.54. The fourth-order valence-electron chi connectivity index (χ4n) is 0. The Labute approximate surface area is 29.5 Å². The zero-order chi connectivity index (χ0) is 4.28. The third-order valence-corrected chi connectivity index (χ3v) is 0.133. The minimum atomic E-state index is -1.69. The van der Waals surface area contributed by atoms with Crippen LogP contribution in [0.3, 0.4) is 0 Å². The molecule has 0 atom stereocenters. The number of aliphatic hydroxyl groups is 3. The summed E-state index contributed by atoms with van der Waals surface area (Å²) in [5.41, 5.74) is 0. The van der Waals surface area contributed by atoms with E-state index in [2.05, 4.69) is 0 Å². The van der Waals surface area contributed by atoms with Gasteiger partial charge in [-0.15, -0.1) is 0 Å². The van der Waals surface area contributed by atoms with Crippen molar-refractivity contribution in [3.8, 4) is 0 Å². The Morgan fingerprint density at radius 1 is 1.40 bits per heavy atom. The number of rotatable bonds is 1. The van der Waals surface area contributed by atoms with Crippen LogP contribution in [-0.2, 0) is 0 Å². The van der Waals surface area contributed by atoms with Crippen LogP contribution in [0.2, 0.25) is 0 Å². The van der Waals surface area contributed by atoms with Gasteiger partial charge in [-0.1, -0.05) is 0 Å². The first-order valence-electron chi connectivity index (χ1n) is 1.11. The molecule has 0 aliphatic carbocycles. The Bertz CT molecular complexity index is 18.9. The smallest absolute Gasteiger partial charge is 0.180 e. The SMILES string of the molecule is O[CH]C(O)O. The predicted octanol–water partition coefficient (Wildman–Crippen LogP) is -1.17. The lowest BCUT2D eigenvalue weighted by Crippen LogP contribution is -2.02. The Kier molecular flexibility index (Phi) is 2.09. The van der Waals surface area contributed by atoms with E-state index < -0.39 is 6.29 Å². The van der Waals surface area contributed by atoms with Crippen molar-refractivity contribution < 1.29 is 15.3 Å². The quantitative estimate of drug-likeness (QED) is 0.346. The third kappa shape index (κ3) is 3.88. The van der Waals surface area contributed by atoms with Crippen LogP contribution in [0, 0.1) is 6.61 Å². The first-order chi connectivity index (χ1) is 2.27. The van der Waals surface area contributed by atoms with Gasteiger partial charge in [0.25, 0.3) is 0 Å². The van der Waals surface area contributed by atoms with Crippen LogP contribution in [0.15, 0.2) is 0 Å². The van der Waals surface area contributed by atoms with Gasteiger partial charge in [-0.25, -0.2) is 0 Å².